The molecule has 0 unspecified atom stereocenters. The van der Waals surface area contributed by atoms with Crippen molar-refractivity contribution in [3.63, 3.8) is 0 Å². The molecule has 6 nitrogen and oxygen atoms in total. The van der Waals surface area contributed by atoms with E-state index in [2.05, 4.69) is 10.3 Å². The molecule has 128 valence electrons. The van der Waals surface area contributed by atoms with Crippen LogP contribution in [0.2, 0.25) is 5.02 Å². The first-order valence-corrected chi connectivity index (χ1v) is 8.06. The van der Waals surface area contributed by atoms with E-state index < -0.39 is 11.9 Å². The second kappa shape index (κ2) is 7.36. The number of pyridine rings is 1. The fourth-order valence-corrected chi connectivity index (χ4v) is 2.58. The van der Waals surface area contributed by atoms with Crippen molar-refractivity contribution in [2.75, 3.05) is 6.61 Å². The first-order valence-electron chi connectivity index (χ1n) is 7.68. The standard InChI is InChI=1S/C18H16ClN3O3/c1-12(13-5-4-6-14(19)9-13)20-17(23)11-25-18(24)15-10-22-8-3-2-7-16(22)21-15/h2-10,12H,11H2,1H3,(H,20,23)/t12-/m1/s1. The van der Waals surface area contributed by atoms with Gasteiger partial charge in [-0.3, -0.25) is 4.79 Å². The third kappa shape index (κ3) is 4.16. The number of esters is 1. The quantitative estimate of drug-likeness (QED) is 0.712. The van der Waals surface area contributed by atoms with Crippen molar-refractivity contribution in [3.05, 3.63) is 71.1 Å². The largest absolute Gasteiger partial charge is 0.451 e. The molecule has 3 rings (SSSR count). The van der Waals surface area contributed by atoms with Crippen LogP contribution in [-0.4, -0.2) is 27.9 Å². The number of carbonyl (C=O) groups is 2. The second-order valence-corrected chi connectivity index (χ2v) is 5.95. The van der Waals surface area contributed by atoms with Crippen LogP contribution in [0.4, 0.5) is 0 Å². The Labute approximate surface area is 149 Å². The van der Waals surface area contributed by atoms with Crippen LogP contribution in [-0.2, 0) is 9.53 Å². The van der Waals surface area contributed by atoms with Gasteiger partial charge in [0.2, 0.25) is 0 Å². The number of carbonyl (C=O) groups excluding carboxylic acids is 2. The smallest absolute Gasteiger partial charge is 0.359 e. The van der Waals surface area contributed by atoms with Crippen molar-refractivity contribution < 1.29 is 14.3 Å². The van der Waals surface area contributed by atoms with Gasteiger partial charge >= 0.3 is 5.97 Å². The number of fused-ring (bicyclic) bond motifs is 1. The van der Waals surface area contributed by atoms with Crippen LogP contribution in [0.15, 0.2) is 54.9 Å². The Balaban J connectivity index is 1.55. The highest BCUT2D eigenvalue weighted by atomic mass is 35.5. The molecule has 7 heteroatoms. The zero-order valence-electron chi connectivity index (χ0n) is 13.5. The van der Waals surface area contributed by atoms with E-state index in [1.807, 2.05) is 31.2 Å². The topological polar surface area (TPSA) is 72.7 Å². The number of hydrogen-bond acceptors (Lipinski definition) is 4. The van der Waals surface area contributed by atoms with Gasteiger partial charge < -0.3 is 14.5 Å². The van der Waals surface area contributed by atoms with Gasteiger partial charge in [0.1, 0.15) is 5.65 Å². The summed E-state index contributed by atoms with van der Waals surface area (Å²) < 4.78 is 6.73. The lowest BCUT2D eigenvalue weighted by molar-refractivity contribution is -0.124. The molecule has 3 aromatic rings. The van der Waals surface area contributed by atoms with Crippen molar-refractivity contribution >= 4 is 29.1 Å². The van der Waals surface area contributed by atoms with Crippen molar-refractivity contribution in [1.82, 2.24) is 14.7 Å². The zero-order chi connectivity index (χ0) is 17.8. The molecular formula is C18H16ClN3O3. The molecule has 2 heterocycles. The number of halogens is 1. The first kappa shape index (κ1) is 17.0. The minimum Gasteiger partial charge on any atom is -0.451 e. The fourth-order valence-electron chi connectivity index (χ4n) is 2.38. The zero-order valence-corrected chi connectivity index (χ0v) is 14.2. The molecule has 0 aliphatic heterocycles. The molecule has 0 saturated heterocycles. The average Bonchev–Trinajstić information content (AvgIpc) is 3.04. The van der Waals surface area contributed by atoms with Crippen LogP contribution >= 0.6 is 11.6 Å². The molecule has 0 spiro atoms. The highest BCUT2D eigenvalue weighted by Gasteiger charge is 2.15. The summed E-state index contributed by atoms with van der Waals surface area (Å²) in [6.45, 7) is 1.45. The van der Waals surface area contributed by atoms with E-state index in [1.54, 1.807) is 35.0 Å². The van der Waals surface area contributed by atoms with E-state index in [0.29, 0.717) is 10.7 Å². The van der Waals surface area contributed by atoms with E-state index in [-0.39, 0.29) is 18.3 Å². The molecule has 1 N–H and O–H groups in total. The molecule has 1 aromatic carbocycles. The number of imidazole rings is 1. The number of amides is 1. The maximum absolute atomic E-state index is 12.0. The minimum absolute atomic E-state index is 0.155. The Hall–Kier alpha value is -2.86. The molecular weight excluding hydrogens is 342 g/mol. The summed E-state index contributed by atoms with van der Waals surface area (Å²) in [5, 5.41) is 3.35. The van der Waals surface area contributed by atoms with Crippen LogP contribution in [0.5, 0.6) is 0 Å². The van der Waals surface area contributed by atoms with Gasteiger partial charge in [-0.25, -0.2) is 9.78 Å². The molecule has 0 saturated carbocycles. The van der Waals surface area contributed by atoms with Gasteiger partial charge in [0.05, 0.1) is 6.04 Å². The van der Waals surface area contributed by atoms with Crippen molar-refractivity contribution in [3.8, 4) is 0 Å². The molecule has 1 atom stereocenters. The number of hydrogen-bond donors (Lipinski definition) is 1. The maximum atomic E-state index is 12.0. The Kier molecular flexibility index (Phi) is 5.00. The third-order valence-corrected chi connectivity index (χ3v) is 3.87. The van der Waals surface area contributed by atoms with Gasteiger partial charge in [-0.2, -0.15) is 0 Å². The maximum Gasteiger partial charge on any atom is 0.359 e. The van der Waals surface area contributed by atoms with Crippen molar-refractivity contribution in [2.45, 2.75) is 13.0 Å². The normalized spacial score (nSPS) is 11.9. The minimum atomic E-state index is -0.644. The summed E-state index contributed by atoms with van der Waals surface area (Å²) in [6, 6.07) is 12.4. The van der Waals surface area contributed by atoms with E-state index >= 15 is 0 Å². The van der Waals surface area contributed by atoms with Crippen LogP contribution in [0.25, 0.3) is 5.65 Å². The molecule has 0 radical (unpaired) electrons. The molecule has 1 amide bonds. The van der Waals surface area contributed by atoms with Gasteiger partial charge in [-0.15, -0.1) is 0 Å². The van der Waals surface area contributed by atoms with E-state index in [1.165, 1.54) is 0 Å². The number of ether oxygens (including phenoxy) is 1. The van der Waals surface area contributed by atoms with Crippen LogP contribution in [0.1, 0.15) is 29.0 Å². The Morgan fingerprint density at radius 3 is 2.88 bits per heavy atom. The number of aromatic nitrogens is 2. The van der Waals surface area contributed by atoms with Crippen LogP contribution in [0.3, 0.4) is 0 Å². The molecule has 0 fully saturated rings. The Bertz CT molecular complexity index is 890. The molecule has 25 heavy (non-hydrogen) atoms. The summed E-state index contributed by atoms with van der Waals surface area (Å²) in [7, 11) is 0. The van der Waals surface area contributed by atoms with Crippen LogP contribution in [0, 0.1) is 0 Å². The Morgan fingerprint density at radius 1 is 1.28 bits per heavy atom. The number of nitrogens with one attached hydrogen (secondary N) is 1. The van der Waals surface area contributed by atoms with Gasteiger partial charge in [-0.1, -0.05) is 29.8 Å². The van der Waals surface area contributed by atoms with Gasteiger partial charge in [0.15, 0.2) is 12.3 Å². The summed E-state index contributed by atoms with van der Waals surface area (Å²) in [5.74, 6) is -1.04. The van der Waals surface area contributed by atoms with E-state index in [9.17, 15) is 9.59 Å². The summed E-state index contributed by atoms with van der Waals surface area (Å²) in [4.78, 5) is 28.1. The van der Waals surface area contributed by atoms with Gasteiger partial charge in [0, 0.05) is 17.4 Å². The van der Waals surface area contributed by atoms with E-state index in [4.69, 9.17) is 16.3 Å². The highest BCUT2D eigenvalue weighted by Crippen LogP contribution is 2.17. The first-order chi connectivity index (χ1) is 12.0. The SMILES string of the molecule is C[C@@H](NC(=O)COC(=O)c1cn2ccccc2n1)c1cccc(Cl)c1. The monoisotopic (exact) mass is 357 g/mol. The summed E-state index contributed by atoms with van der Waals surface area (Å²) >= 11 is 5.94. The number of nitrogens with zero attached hydrogens (tertiary/aromatic N) is 2. The van der Waals surface area contributed by atoms with Crippen molar-refractivity contribution in [1.29, 1.82) is 0 Å². The predicted octanol–water partition coefficient (Wildman–Crippen LogP) is 3.02. The summed E-state index contributed by atoms with van der Waals surface area (Å²) in [6.07, 6.45) is 3.34. The Morgan fingerprint density at radius 2 is 2.12 bits per heavy atom. The summed E-state index contributed by atoms with van der Waals surface area (Å²) in [5.41, 5.74) is 1.66. The number of rotatable bonds is 5. The van der Waals surface area contributed by atoms with Crippen LogP contribution < -0.4 is 5.32 Å². The molecule has 0 aliphatic rings. The van der Waals surface area contributed by atoms with Gasteiger partial charge in [0.25, 0.3) is 5.91 Å². The lowest BCUT2D eigenvalue weighted by Crippen LogP contribution is -2.31. The predicted molar refractivity (Wildman–Crippen MR) is 93.5 cm³/mol. The van der Waals surface area contributed by atoms with Crippen molar-refractivity contribution in [2.24, 2.45) is 0 Å². The number of benzene rings is 1. The second-order valence-electron chi connectivity index (χ2n) is 5.51. The fraction of sp³-hybridized carbons (Fsp3) is 0.167. The van der Waals surface area contributed by atoms with E-state index in [0.717, 1.165) is 5.56 Å². The van der Waals surface area contributed by atoms with Gasteiger partial charge in [-0.05, 0) is 36.8 Å². The average molecular weight is 358 g/mol. The lowest BCUT2D eigenvalue weighted by atomic mass is 10.1. The highest BCUT2D eigenvalue weighted by molar-refractivity contribution is 6.30. The molecule has 0 aliphatic carbocycles. The lowest BCUT2D eigenvalue weighted by Gasteiger charge is -2.14. The molecule has 2 aromatic heterocycles. The third-order valence-electron chi connectivity index (χ3n) is 3.63. The molecule has 0 bridgehead atoms.